The molecule has 126 valence electrons. The highest BCUT2D eigenvalue weighted by Crippen LogP contribution is 2.30. The van der Waals surface area contributed by atoms with Crippen LogP contribution in [0.1, 0.15) is 11.3 Å². The van der Waals surface area contributed by atoms with E-state index in [0.717, 1.165) is 22.2 Å². The zero-order valence-corrected chi connectivity index (χ0v) is 13.7. The van der Waals surface area contributed by atoms with Crippen molar-refractivity contribution in [1.29, 1.82) is 0 Å². The van der Waals surface area contributed by atoms with Crippen molar-refractivity contribution in [3.05, 3.63) is 59.8 Å². The highest BCUT2D eigenvalue weighted by molar-refractivity contribution is 6.00. The Labute approximate surface area is 144 Å². The molecule has 25 heavy (non-hydrogen) atoms. The minimum atomic E-state index is -0.726. The summed E-state index contributed by atoms with van der Waals surface area (Å²) in [7, 11) is 0. The van der Waals surface area contributed by atoms with E-state index < -0.39 is 6.10 Å². The third kappa shape index (κ3) is 2.94. The number of hydrazone groups is 1. The van der Waals surface area contributed by atoms with Crippen LogP contribution in [0.15, 0.2) is 53.6 Å². The molecular formula is C19H17N3O3. The topological polar surface area (TPSA) is 75.7 Å². The highest BCUT2D eigenvalue weighted by atomic mass is 16.6. The molecule has 1 atom stereocenters. The van der Waals surface area contributed by atoms with Crippen LogP contribution in [-0.2, 0) is 4.79 Å². The first-order valence-corrected chi connectivity index (χ1v) is 8.01. The molecule has 1 aliphatic heterocycles. The first kappa shape index (κ1) is 15.3. The first-order chi connectivity index (χ1) is 12.2. The van der Waals surface area contributed by atoms with E-state index >= 15 is 0 Å². The molecule has 6 nitrogen and oxygen atoms in total. The zero-order valence-electron chi connectivity index (χ0n) is 13.7. The summed E-state index contributed by atoms with van der Waals surface area (Å²) in [6.07, 6.45) is 0.917. The molecule has 0 aliphatic carbocycles. The number of fused-ring (bicyclic) bond motifs is 2. The summed E-state index contributed by atoms with van der Waals surface area (Å²) >= 11 is 0. The van der Waals surface area contributed by atoms with Crippen molar-refractivity contribution < 1.29 is 14.3 Å². The number of nitrogens with one attached hydrogen (secondary N) is 2. The van der Waals surface area contributed by atoms with Crippen LogP contribution >= 0.6 is 0 Å². The van der Waals surface area contributed by atoms with Crippen molar-refractivity contribution in [2.24, 2.45) is 5.10 Å². The number of aryl methyl sites for hydroxylation is 1. The van der Waals surface area contributed by atoms with Crippen molar-refractivity contribution in [3.8, 4) is 11.5 Å². The van der Waals surface area contributed by atoms with Gasteiger partial charge in [-0.1, -0.05) is 30.3 Å². The fourth-order valence-corrected chi connectivity index (χ4v) is 2.85. The Kier molecular flexibility index (Phi) is 3.85. The summed E-state index contributed by atoms with van der Waals surface area (Å²) in [5.41, 5.74) is 5.50. The van der Waals surface area contributed by atoms with E-state index in [-0.39, 0.29) is 12.5 Å². The minimum Gasteiger partial charge on any atom is -0.485 e. The van der Waals surface area contributed by atoms with Crippen molar-refractivity contribution in [3.63, 3.8) is 0 Å². The van der Waals surface area contributed by atoms with Crippen LogP contribution < -0.4 is 14.9 Å². The molecule has 1 aromatic heterocycles. The van der Waals surface area contributed by atoms with Crippen LogP contribution in [0.25, 0.3) is 10.9 Å². The number of hydrogen-bond acceptors (Lipinski definition) is 4. The number of benzene rings is 2. The third-order valence-electron chi connectivity index (χ3n) is 4.11. The third-order valence-corrected chi connectivity index (χ3v) is 4.11. The molecule has 6 heteroatoms. The van der Waals surface area contributed by atoms with Crippen molar-refractivity contribution >= 4 is 23.0 Å². The normalized spacial score (nSPS) is 16.3. The van der Waals surface area contributed by atoms with E-state index in [4.69, 9.17) is 9.47 Å². The van der Waals surface area contributed by atoms with Crippen LogP contribution in [0.2, 0.25) is 0 Å². The lowest BCUT2D eigenvalue weighted by molar-refractivity contribution is -0.130. The predicted molar refractivity (Wildman–Crippen MR) is 95.1 cm³/mol. The molecule has 0 unspecified atom stereocenters. The summed E-state index contributed by atoms with van der Waals surface area (Å²) in [5.74, 6) is 0.859. The Morgan fingerprint density at radius 2 is 1.96 bits per heavy atom. The van der Waals surface area contributed by atoms with E-state index in [1.54, 1.807) is 18.3 Å². The van der Waals surface area contributed by atoms with Gasteiger partial charge < -0.3 is 14.5 Å². The number of nitrogens with zero attached hydrogens (tertiary/aromatic N) is 1. The molecule has 1 amide bonds. The fourth-order valence-electron chi connectivity index (χ4n) is 2.85. The monoisotopic (exact) mass is 335 g/mol. The number of rotatable bonds is 3. The Hall–Kier alpha value is -3.28. The maximum atomic E-state index is 12.2. The number of ether oxygens (including phenoxy) is 2. The summed E-state index contributed by atoms with van der Waals surface area (Å²) in [6.45, 7) is 2.13. The average molecular weight is 335 g/mol. The number of para-hydroxylation sites is 3. The van der Waals surface area contributed by atoms with Gasteiger partial charge in [0.2, 0.25) is 6.10 Å². The lowest BCUT2D eigenvalue weighted by Crippen LogP contribution is -2.42. The number of amides is 1. The average Bonchev–Trinajstić information content (AvgIpc) is 2.96. The lowest BCUT2D eigenvalue weighted by Gasteiger charge is -2.24. The predicted octanol–water partition coefficient (Wildman–Crippen LogP) is 2.77. The SMILES string of the molecule is Cc1[nH]c2ccccc2c1/C=N\NC(=O)[C@@H]1COc2ccccc2O1. The molecule has 2 heterocycles. The van der Waals surface area contributed by atoms with Crippen LogP contribution in [0.5, 0.6) is 11.5 Å². The molecule has 0 fully saturated rings. The number of hydrogen-bond donors (Lipinski definition) is 2. The van der Waals surface area contributed by atoms with E-state index in [1.807, 2.05) is 43.3 Å². The molecule has 0 bridgehead atoms. The van der Waals surface area contributed by atoms with Gasteiger partial charge in [0, 0.05) is 22.2 Å². The Balaban J connectivity index is 1.45. The molecule has 0 radical (unpaired) electrons. The van der Waals surface area contributed by atoms with Gasteiger partial charge in [0.05, 0.1) is 6.21 Å². The van der Waals surface area contributed by atoms with E-state index in [0.29, 0.717) is 11.5 Å². The van der Waals surface area contributed by atoms with Crippen molar-refractivity contribution in [2.75, 3.05) is 6.61 Å². The molecule has 0 saturated heterocycles. The first-order valence-electron chi connectivity index (χ1n) is 8.01. The van der Waals surface area contributed by atoms with E-state index in [1.165, 1.54) is 0 Å². The molecule has 4 rings (SSSR count). The Bertz CT molecular complexity index is 961. The number of carbonyl (C=O) groups excluding carboxylic acids is 1. The van der Waals surface area contributed by atoms with Crippen LogP contribution in [0, 0.1) is 6.92 Å². The quantitative estimate of drug-likeness (QED) is 0.571. The second-order valence-electron chi connectivity index (χ2n) is 5.81. The molecular weight excluding hydrogens is 318 g/mol. The van der Waals surface area contributed by atoms with Gasteiger partial charge in [0.15, 0.2) is 11.5 Å². The maximum absolute atomic E-state index is 12.2. The summed E-state index contributed by atoms with van der Waals surface area (Å²) < 4.78 is 11.2. The lowest BCUT2D eigenvalue weighted by atomic mass is 10.1. The fraction of sp³-hybridized carbons (Fsp3) is 0.158. The summed E-state index contributed by atoms with van der Waals surface area (Å²) in [4.78, 5) is 15.5. The van der Waals surface area contributed by atoms with Gasteiger partial charge in [0.1, 0.15) is 6.61 Å². The molecule has 2 N–H and O–H groups in total. The molecule has 0 spiro atoms. The van der Waals surface area contributed by atoms with Crippen LogP contribution in [-0.4, -0.2) is 29.8 Å². The smallest absolute Gasteiger partial charge is 0.284 e. The Morgan fingerprint density at radius 1 is 1.20 bits per heavy atom. The molecule has 3 aromatic rings. The summed E-state index contributed by atoms with van der Waals surface area (Å²) in [6, 6.07) is 15.2. The number of aromatic amines is 1. The summed E-state index contributed by atoms with van der Waals surface area (Å²) in [5, 5.41) is 5.14. The number of aromatic nitrogens is 1. The highest BCUT2D eigenvalue weighted by Gasteiger charge is 2.27. The second kappa shape index (κ2) is 6.32. The van der Waals surface area contributed by atoms with Gasteiger partial charge in [-0.25, -0.2) is 5.43 Å². The van der Waals surface area contributed by atoms with Gasteiger partial charge in [-0.2, -0.15) is 5.10 Å². The minimum absolute atomic E-state index is 0.157. The van der Waals surface area contributed by atoms with Gasteiger partial charge >= 0.3 is 0 Å². The Morgan fingerprint density at radius 3 is 2.84 bits per heavy atom. The van der Waals surface area contributed by atoms with Crippen molar-refractivity contribution in [2.45, 2.75) is 13.0 Å². The number of H-pyrrole nitrogens is 1. The zero-order chi connectivity index (χ0) is 17.2. The van der Waals surface area contributed by atoms with Crippen LogP contribution in [0.4, 0.5) is 0 Å². The van der Waals surface area contributed by atoms with E-state index in [2.05, 4.69) is 15.5 Å². The molecule has 0 saturated carbocycles. The largest absolute Gasteiger partial charge is 0.485 e. The maximum Gasteiger partial charge on any atom is 0.284 e. The standard InChI is InChI=1S/C19H17N3O3/c1-12-14(13-6-2-3-7-15(13)21-12)10-20-22-19(23)18-11-24-16-8-4-5-9-17(16)25-18/h2-10,18,21H,11H2,1H3,(H,22,23)/b20-10-/t18-/m0/s1. The molecule has 1 aliphatic rings. The van der Waals surface area contributed by atoms with Gasteiger partial charge in [-0.15, -0.1) is 0 Å². The van der Waals surface area contributed by atoms with Crippen molar-refractivity contribution in [1.82, 2.24) is 10.4 Å². The molecule has 2 aromatic carbocycles. The van der Waals surface area contributed by atoms with Gasteiger partial charge in [0.25, 0.3) is 5.91 Å². The number of carbonyl (C=O) groups is 1. The second-order valence-corrected chi connectivity index (χ2v) is 5.81. The van der Waals surface area contributed by atoms with E-state index in [9.17, 15) is 4.79 Å². The van der Waals surface area contributed by atoms with Crippen LogP contribution in [0.3, 0.4) is 0 Å². The van der Waals surface area contributed by atoms with Gasteiger partial charge in [-0.3, -0.25) is 4.79 Å². The van der Waals surface area contributed by atoms with Gasteiger partial charge in [-0.05, 0) is 25.1 Å².